The number of nitrogens with one attached hydrogen (secondary N) is 3. The van der Waals surface area contributed by atoms with Gasteiger partial charge in [-0.25, -0.2) is 4.98 Å². The Hall–Kier alpha value is -2.44. The van der Waals surface area contributed by atoms with Crippen LogP contribution < -0.4 is 26.8 Å². The zero-order chi connectivity index (χ0) is 32.0. The molecule has 0 saturated heterocycles. The zero-order valence-corrected chi connectivity index (χ0v) is 29.8. The number of nitrogen functional groups attached to an aromatic ring is 1. The number of benzene rings is 1. The van der Waals surface area contributed by atoms with Crippen LogP contribution >= 0.6 is 63.7 Å². The topological polar surface area (TPSA) is 199 Å². The van der Waals surface area contributed by atoms with E-state index in [4.69, 9.17) is 25.8 Å². The summed E-state index contributed by atoms with van der Waals surface area (Å²) >= 11 is 13.8. The minimum absolute atomic E-state index is 0.0794. The Morgan fingerprint density at radius 1 is 1.23 bits per heavy atom. The van der Waals surface area contributed by atoms with Gasteiger partial charge in [-0.05, 0) is 100 Å². The molecule has 3 atom stereocenters. The Kier molecular flexibility index (Phi) is 11.9. The SMILES string of the molecule is COC1=C(Br)[C@@H](O)[C@]2(C=C1Br)CC(C(=O)NCCCOc1c(Br)cc(C[C@H](N)C(=O)NCCc3cnc(N)[nH]3)cc1Br)=NO2. The predicted molar refractivity (Wildman–Crippen MR) is 178 cm³/mol. The van der Waals surface area contributed by atoms with Gasteiger partial charge in [0.15, 0.2) is 11.5 Å². The molecule has 238 valence electrons. The van der Waals surface area contributed by atoms with Gasteiger partial charge in [-0.3, -0.25) is 9.59 Å². The van der Waals surface area contributed by atoms with E-state index in [-0.39, 0.29) is 18.0 Å². The number of oxime groups is 1. The number of anilines is 1. The average Bonchev–Trinajstić information content (AvgIpc) is 3.59. The van der Waals surface area contributed by atoms with Gasteiger partial charge in [0.2, 0.25) is 5.91 Å². The number of methoxy groups -OCH3 is 1. The van der Waals surface area contributed by atoms with Crippen molar-refractivity contribution in [3.05, 3.63) is 59.3 Å². The van der Waals surface area contributed by atoms with E-state index in [1.165, 1.54) is 7.11 Å². The van der Waals surface area contributed by atoms with Gasteiger partial charge in [-0.1, -0.05) is 5.16 Å². The lowest BCUT2D eigenvalue weighted by molar-refractivity contribution is -0.122. The molecule has 1 spiro atoms. The number of aliphatic hydroxyl groups is 1. The quantitative estimate of drug-likeness (QED) is 0.164. The molecule has 0 saturated carbocycles. The molecule has 2 aromatic rings. The van der Waals surface area contributed by atoms with Gasteiger partial charge in [0, 0.05) is 31.6 Å². The number of carbonyl (C=O) groups excluding carboxylic acids is 2. The first-order valence-corrected chi connectivity index (χ1v) is 16.6. The van der Waals surface area contributed by atoms with Crippen LogP contribution in [0.25, 0.3) is 0 Å². The maximum Gasteiger partial charge on any atom is 0.269 e. The number of rotatable bonds is 13. The van der Waals surface area contributed by atoms with Crippen molar-refractivity contribution in [1.29, 1.82) is 0 Å². The van der Waals surface area contributed by atoms with Crippen LogP contribution in [-0.4, -0.2) is 77.2 Å². The Balaban J connectivity index is 1.19. The number of amides is 2. The minimum atomic E-state index is -1.22. The van der Waals surface area contributed by atoms with E-state index in [9.17, 15) is 14.7 Å². The minimum Gasteiger partial charge on any atom is -0.495 e. The predicted octanol–water partition coefficient (Wildman–Crippen LogP) is 3.05. The van der Waals surface area contributed by atoms with E-state index < -0.39 is 23.7 Å². The molecule has 8 N–H and O–H groups in total. The molecule has 2 amide bonds. The van der Waals surface area contributed by atoms with Crippen LogP contribution in [0.15, 0.2) is 53.2 Å². The van der Waals surface area contributed by atoms with Crippen LogP contribution in [0.4, 0.5) is 5.95 Å². The lowest BCUT2D eigenvalue weighted by atomic mass is 9.87. The Morgan fingerprint density at radius 2 is 1.95 bits per heavy atom. The third-order valence-electron chi connectivity index (χ3n) is 6.79. The van der Waals surface area contributed by atoms with Crippen molar-refractivity contribution >= 4 is 87.2 Å². The molecule has 4 rings (SSSR count). The summed E-state index contributed by atoms with van der Waals surface area (Å²) in [6, 6.07) is 2.97. The maximum absolute atomic E-state index is 12.7. The van der Waals surface area contributed by atoms with Crippen LogP contribution in [-0.2, 0) is 32.0 Å². The number of nitrogens with two attached hydrogens (primary N) is 2. The molecule has 0 unspecified atom stereocenters. The molecule has 44 heavy (non-hydrogen) atoms. The molecule has 0 radical (unpaired) electrons. The van der Waals surface area contributed by atoms with Crippen molar-refractivity contribution in [2.45, 2.75) is 43.4 Å². The molecule has 1 aromatic carbocycles. The highest BCUT2D eigenvalue weighted by molar-refractivity contribution is 9.12. The van der Waals surface area contributed by atoms with Crippen molar-refractivity contribution in [3.63, 3.8) is 0 Å². The van der Waals surface area contributed by atoms with Crippen molar-refractivity contribution in [2.75, 3.05) is 32.5 Å². The van der Waals surface area contributed by atoms with E-state index in [1.807, 2.05) is 12.1 Å². The first kappa shape index (κ1) is 34.4. The monoisotopic (exact) mass is 865 g/mol. The summed E-state index contributed by atoms with van der Waals surface area (Å²) in [5.74, 6) is 0.702. The number of H-pyrrole nitrogens is 1. The summed E-state index contributed by atoms with van der Waals surface area (Å²) in [6.45, 7) is 1.05. The fraction of sp³-hybridized carbons (Fsp3) is 0.407. The Labute approximate surface area is 287 Å². The van der Waals surface area contributed by atoms with Crippen molar-refractivity contribution in [1.82, 2.24) is 20.6 Å². The summed E-state index contributed by atoms with van der Waals surface area (Å²) in [5.41, 5.74) is 12.3. The second-order valence-corrected chi connectivity index (χ2v) is 13.4. The molecule has 1 aromatic heterocycles. The fourth-order valence-corrected chi connectivity index (χ4v) is 7.84. The standard InChI is InChI=1S/C27H31Br4N7O6/c1-42-22-17(30)10-27(23(39)20(22)31)11-19(38-44-27)25(41)34-4-2-6-43-21-15(28)7-13(8-16(21)29)9-18(32)24(40)35-5-3-14-12-36-26(33)37-14/h7-8,10,12,18,23,39H,2-6,9,11,32H2,1H3,(H,34,41)(H,35,40)(H3,33,36,37)/t18-,23+,27-/m0/s1. The molecule has 13 nitrogen and oxygen atoms in total. The summed E-state index contributed by atoms with van der Waals surface area (Å²) < 4.78 is 13.6. The Morgan fingerprint density at radius 3 is 2.61 bits per heavy atom. The first-order valence-electron chi connectivity index (χ1n) is 13.4. The number of allylic oxidation sites excluding steroid dienone is 1. The largest absolute Gasteiger partial charge is 0.495 e. The van der Waals surface area contributed by atoms with Crippen molar-refractivity contribution in [3.8, 4) is 5.75 Å². The highest BCUT2D eigenvalue weighted by atomic mass is 79.9. The summed E-state index contributed by atoms with van der Waals surface area (Å²) in [7, 11) is 1.49. The first-order chi connectivity index (χ1) is 20.9. The third-order valence-corrected chi connectivity index (χ3v) is 9.35. The van der Waals surface area contributed by atoms with Crippen molar-refractivity contribution in [2.24, 2.45) is 10.9 Å². The average molecular weight is 869 g/mol. The molecular weight excluding hydrogens is 838 g/mol. The van der Waals surface area contributed by atoms with Gasteiger partial charge < -0.3 is 46.5 Å². The van der Waals surface area contributed by atoms with Gasteiger partial charge in [0.1, 0.15) is 23.3 Å². The number of aromatic amines is 1. The zero-order valence-electron chi connectivity index (χ0n) is 23.5. The molecule has 0 fully saturated rings. The molecule has 1 aliphatic carbocycles. The third kappa shape index (κ3) is 8.23. The van der Waals surface area contributed by atoms with Gasteiger partial charge in [0.25, 0.3) is 5.91 Å². The number of aromatic nitrogens is 2. The van der Waals surface area contributed by atoms with Gasteiger partial charge in [-0.2, -0.15) is 0 Å². The smallest absolute Gasteiger partial charge is 0.269 e. The van der Waals surface area contributed by atoms with E-state index in [0.29, 0.717) is 74.3 Å². The normalized spacial score (nSPS) is 20.1. The molecule has 1 aliphatic heterocycles. The molecule has 0 bridgehead atoms. The van der Waals surface area contributed by atoms with Gasteiger partial charge in [0.05, 0.1) is 43.9 Å². The highest BCUT2D eigenvalue weighted by Crippen LogP contribution is 2.44. The summed E-state index contributed by atoms with van der Waals surface area (Å²) in [4.78, 5) is 37.5. The number of hydrogen-bond donors (Lipinski definition) is 6. The maximum atomic E-state index is 12.7. The number of imidazole rings is 1. The molecule has 17 heteroatoms. The van der Waals surface area contributed by atoms with E-state index in [1.54, 1.807) is 12.3 Å². The van der Waals surface area contributed by atoms with E-state index >= 15 is 0 Å². The van der Waals surface area contributed by atoms with Gasteiger partial charge >= 0.3 is 0 Å². The van der Waals surface area contributed by atoms with Crippen LogP contribution in [0, 0.1) is 0 Å². The summed E-state index contributed by atoms with van der Waals surface area (Å²) in [6.07, 6.45) is 3.65. The number of aliphatic hydroxyl groups excluding tert-OH is 1. The van der Waals surface area contributed by atoms with Crippen LogP contribution in [0.2, 0.25) is 0 Å². The molecule has 2 aliphatic rings. The number of nitrogens with zero attached hydrogens (tertiary/aromatic N) is 2. The Bertz CT molecular complexity index is 1470. The highest BCUT2D eigenvalue weighted by Gasteiger charge is 2.50. The fourth-order valence-electron chi connectivity index (χ4n) is 4.54. The lowest BCUT2D eigenvalue weighted by Gasteiger charge is -2.33. The second-order valence-electron chi connectivity index (χ2n) is 10.0. The summed E-state index contributed by atoms with van der Waals surface area (Å²) in [5, 5.41) is 20.3. The van der Waals surface area contributed by atoms with E-state index in [0.717, 1.165) is 11.3 Å². The van der Waals surface area contributed by atoms with Crippen LogP contribution in [0.5, 0.6) is 5.75 Å². The van der Waals surface area contributed by atoms with Crippen LogP contribution in [0.1, 0.15) is 24.1 Å². The molecular formula is C27H31Br4N7O6. The second kappa shape index (κ2) is 15.2. The number of hydrogen-bond acceptors (Lipinski definition) is 10. The van der Waals surface area contributed by atoms with Crippen molar-refractivity contribution < 1.29 is 29.0 Å². The van der Waals surface area contributed by atoms with Gasteiger partial charge in [-0.15, -0.1) is 0 Å². The molecule has 2 heterocycles. The lowest BCUT2D eigenvalue weighted by Crippen LogP contribution is -2.45. The number of carbonyl (C=O) groups is 2. The number of halogens is 4. The van der Waals surface area contributed by atoms with E-state index in [2.05, 4.69) is 89.5 Å². The van der Waals surface area contributed by atoms with Crippen LogP contribution in [0.3, 0.4) is 0 Å². The number of ether oxygens (including phenoxy) is 2.